The van der Waals surface area contributed by atoms with Crippen molar-refractivity contribution in [1.29, 1.82) is 0 Å². The molecule has 0 aliphatic rings. The summed E-state index contributed by atoms with van der Waals surface area (Å²) in [5.74, 6) is -5.43. The number of alkyl halides is 9. The van der Waals surface area contributed by atoms with Gasteiger partial charge >= 0.3 is 17.9 Å². The molecule has 3 amide bonds. The van der Waals surface area contributed by atoms with Gasteiger partial charge in [0.15, 0.2) is 0 Å². The van der Waals surface area contributed by atoms with Gasteiger partial charge in [0.1, 0.15) is 19.8 Å². The van der Waals surface area contributed by atoms with Gasteiger partial charge in [-0.1, -0.05) is 0 Å². The summed E-state index contributed by atoms with van der Waals surface area (Å²) >= 11 is 28.0. The summed E-state index contributed by atoms with van der Waals surface area (Å²) in [6.07, 6.45) is -1.12. The summed E-state index contributed by atoms with van der Waals surface area (Å²) in [4.78, 5) is 75.6. The highest BCUT2D eigenvalue weighted by atomic mass is 80.0. The normalized spacial score (nSPS) is 13.1. The molecule has 45 heavy (non-hydrogen) atoms. The summed E-state index contributed by atoms with van der Waals surface area (Å²) in [5, 5.41) is 8.01. The first-order valence-electron chi connectivity index (χ1n) is 12.5. The lowest BCUT2D eigenvalue weighted by atomic mass is 10.0. The SMILES string of the molecule is CC(C)(COC(=O)CC(CC(=O)OCC(C)(C)NC(=O)C(Br)(Br)Br)C(=O)OCC(C)(C)NC(=O)C(Br)(Br)Br)NC(=O)C(Br)(Br)Br. The molecule has 0 fully saturated rings. The van der Waals surface area contributed by atoms with Crippen LogP contribution in [0.25, 0.3) is 0 Å². The topological polar surface area (TPSA) is 166 Å². The number of ether oxygens (including phenoxy) is 3. The lowest BCUT2D eigenvalue weighted by molar-refractivity contribution is -0.161. The highest BCUT2D eigenvalue weighted by Crippen LogP contribution is 2.35. The number of hydrogen-bond acceptors (Lipinski definition) is 9. The monoisotopic (exact) mass is 1220 g/mol. The largest absolute Gasteiger partial charge is 0.463 e. The van der Waals surface area contributed by atoms with Crippen LogP contribution in [0.4, 0.5) is 0 Å². The van der Waals surface area contributed by atoms with Crippen molar-refractivity contribution in [2.45, 2.75) is 77.4 Å². The Morgan fingerprint density at radius 2 is 0.733 bits per heavy atom. The Morgan fingerprint density at radius 1 is 0.489 bits per heavy atom. The van der Waals surface area contributed by atoms with Crippen LogP contribution in [0, 0.1) is 5.92 Å². The van der Waals surface area contributed by atoms with Gasteiger partial charge in [-0.25, -0.2) is 0 Å². The maximum atomic E-state index is 13.1. The average Bonchev–Trinajstić information content (AvgIpc) is 2.82. The van der Waals surface area contributed by atoms with Crippen molar-refractivity contribution in [2.24, 2.45) is 5.92 Å². The maximum absolute atomic E-state index is 13.1. The first-order chi connectivity index (χ1) is 19.9. The van der Waals surface area contributed by atoms with E-state index < -0.39 is 77.4 Å². The van der Waals surface area contributed by atoms with E-state index in [4.69, 9.17) is 14.2 Å². The number of nitrogens with one attached hydrogen (secondary N) is 3. The van der Waals surface area contributed by atoms with Crippen LogP contribution in [0.5, 0.6) is 0 Å². The molecule has 0 aliphatic carbocycles. The van der Waals surface area contributed by atoms with Crippen LogP contribution in [0.3, 0.4) is 0 Å². The Balaban J connectivity index is 5.63. The summed E-state index contributed by atoms with van der Waals surface area (Å²) in [7, 11) is 0. The van der Waals surface area contributed by atoms with Crippen molar-refractivity contribution in [3.8, 4) is 0 Å². The molecule has 0 bridgehead atoms. The smallest absolute Gasteiger partial charge is 0.310 e. The van der Waals surface area contributed by atoms with Crippen molar-refractivity contribution in [3.05, 3.63) is 0 Å². The van der Waals surface area contributed by atoms with E-state index >= 15 is 0 Å². The molecule has 0 heterocycles. The minimum atomic E-state index is -1.32. The van der Waals surface area contributed by atoms with Gasteiger partial charge in [-0.05, 0) is 185 Å². The third-order valence-corrected chi connectivity index (χ3v) is 8.29. The molecule has 0 atom stereocenters. The lowest BCUT2D eigenvalue weighted by Gasteiger charge is -2.29. The van der Waals surface area contributed by atoms with E-state index in [0.717, 1.165) is 0 Å². The van der Waals surface area contributed by atoms with Crippen molar-refractivity contribution < 1.29 is 43.0 Å². The van der Waals surface area contributed by atoms with Crippen molar-refractivity contribution >= 4 is 179 Å². The third-order valence-electron chi connectivity index (χ3n) is 5.05. The molecule has 0 unspecified atom stereocenters. The third kappa shape index (κ3) is 20.4. The van der Waals surface area contributed by atoms with Gasteiger partial charge in [-0.2, -0.15) is 0 Å². The van der Waals surface area contributed by atoms with E-state index in [1.54, 1.807) is 41.5 Å². The number of hydrogen-bond donors (Lipinski definition) is 3. The molecular formula is C24H32Br9N3O9. The second-order valence-electron chi connectivity index (χ2n) is 11.5. The zero-order chi connectivity index (χ0) is 35.8. The van der Waals surface area contributed by atoms with E-state index in [9.17, 15) is 28.8 Å². The molecule has 0 aromatic carbocycles. The van der Waals surface area contributed by atoms with Crippen LogP contribution in [-0.4, -0.2) is 78.5 Å². The second-order valence-corrected chi connectivity index (χ2v) is 31.8. The van der Waals surface area contributed by atoms with Gasteiger partial charge in [0.05, 0.1) is 35.4 Å². The summed E-state index contributed by atoms with van der Waals surface area (Å²) in [6, 6.07) is 0. The molecular weight excluding hydrogens is 1190 g/mol. The molecule has 12 nitrogen and oxygen atoms in total. The molecule has 0 aromatic heterocycles. The van der Waals surface area contributed by atoms with Gasteiger partial charge < -0.3 is 30.2 Å². The second kappa shape index (κ2) is 18.4. The fourth-order valence-electron chi connectivity index (χ4n) is 2.89. The number of carbonyl (C=O) groups is 6. The van der Waals surface area contributed by atoms with Crippen molar-refractivity contribution in [3.63, 3.8) is 0 Å². The first kappa shape index (κ1) is 46.1. The van der Waals surface area contributed by atoms with Crippen LogP contribution < -0.4 is 16.0 Å². The average molecular weight is 1230 g/mol. The van der Waals surface area contributed by atoms with Crippen LogP contribution in [-0.2, 0) is 43.0 Å². The van der Waals surface area contributed by atoms with Crippen LogP contribution in [0.2, 0.25) is 0 Å². The van der Waals surface area contributed by atoms with Gasteiger partial charge in [0.25, 0.3) is 17.7 Å². The van der Waals surface area contributed by atoms with E-state index in [2.05, 4.69) is 159 Å². The van der Waals surface area contributed by atoms with E-state index in [1.165, 1.54) is 0 Å². The minimum Gasteiger partial charge on any atom is -0.463 e. The molecule has 0 rings (SSSR count). The van der Waals surface area contributed by atoms with Gasteiger partial charge in [-0.15, -0.1) is 0 Å². The Labute approximate surface area is 337 Å². The number of carbonyl (C=O) groups excluding carboxylic acids is 6. The fraction of sp³-hybridized carbons (Fsp3) is 0.750. The minimum absolute atomic E-state index is 0.261. The molecule has 260 valence electrons. The van der Waals surface area contributed by atoms with Gasteiger partial charge in [0.2, 0.25) is 6.43 Å². The van der Waals surface area contributed by atoms with Crippen LogP contribution >= 0.6 is 143 Å². The number of rotatable bonds is 14. The highest BCUT2D eigenvalue weighted by Gasteiger charge is 2.37. The van der Waals surface area contributed by atoms with E-state index in [1.807, 2.05) is 0 Å². The first-order valence-corrected chi connectivity index (χ1v) is 19.7. The number of amides is 3. The predicted octanol–water partition coefficient (Wildman–Crippen LogP) is 6.21. The zero-order valence-corrected chi connectivity index (χ0v) is 39.0. The quantitative estimate of drug-likeness (QED) is 0.104. The molecule has 0 aliphatic heterocycles. The molecule has 21 heteroatoms. The van der Waals surface area contributed by atoms with Crippen LogP contribution in [0.1, 0.15) is 54.4 Å². The molecule has 0 spiro atoms. The summed E-state index contributed by atoms with van der Waals surface area (Å²) in [5.41, 5.74) is -3.06. The molecule has 0 saturated heterocycles. The standard InChI is InChI=1S/C24H32Br9N3O9/c1-19(2,34-16(40)22(25,26)27)9-43-13(37)7-12(15(39)45-11-21(5,6)36-18(42)24(31,32)33)8-14(38)44-10-20(3,4)35-17(41)23(28,29)30/h12H,7-11H2,1-6H3,(H,34,40)(H,35,41)(H,36,42). The predicted molar refractivity (Wildman–Crippen MR) is 201 cm³/mol. The van der Waals surface area contributed by atoms with E-state index in [-0.39, 0.29) is 19.8 Å². The lowest BCUT2D eigenvalue weighted by Crippen LogP contribution is -2.51. The Bertz CT molecular complexity index is 1060. The molecule has 0 aromatic rings. The number of halogens is 9. The molecule has 3 N–H and O–H groups in total. The van der Waals surface area contributed by atoms with Gasteiger partial charge in [0, 0.05) is 0 Å². The Hall–Kier alpha value is 1.14. The molecule has 0 radical (unpaired) electrons. The number of esters is 3. The summed E-state index contributed by atoms with van der Waals surface area (Å²) < 4.78 is 12.3. The Morgan fingerprint density at radius 3 is 0.978 bits per heavy atom. The highest BCUT2D eigenvalue weighted by molar-refractivity contribution is 9.40. The zero-order valence-electron chi connectivity index (χ0n) is 24.7. The Kier molecular flexibility index (Phi) is 18.9. The van der Waals surface area contributed by atoms with Gasteiger partial charge in [-0.3, -0.25) is 28.8 Å². The van der Waals surface area contributed by atoms with E-state index in [0.29, 0.717) is 0 Å². The van der Waals surface area contributed by atoms with Crippen molar-refractivity contribution in [1.82, 2.24) is 16.0 Å². The maximum Gasteiger partial charge on any atom is 0.310 e. The fourth-order valence-corrected chi connectivity index (χ4v) is 3.79. The van der Waals surface area contributed by atoms with Crippen molar-refractivity contribution in [2.75, 3.05) is 19.8 Å². The molecule has 0 saturated carbocycles. The summed E-state index contributed by atoms with van der Waals surface area (Å²) in [6.45, 7) is 8.83. The van der Waals surface area contributed by atoms with Crippen LogP contribution in [0.15, 0.2) is 0 Å².